The van der Waals surface area contributed by atoms with Gasteiger partial charge in [0.25, 0.3) is 0 Å². The van der Waals surface area contributed by atoms with Crippen molar-refractivity contribution >= 4 is 23.3 Å². The molecule has 1 N–H and O–H groups in total. The summed E-state index contributed by atoms with van der Waals surface area (Å²) < 4.78 is 4.88. The van der Waals surface area contributed by atoms with Gasteiger partial charge in [0.05, 0.1) is 13.2 Å². The molecule has 21 heavy (non-hydrogen) atoms. The Balaban J connectivity index is 2.76. The number of aromatic nitrogens is 2. The zero-order valence-electron chi connectivity index (χ0n) is 13.2. The Kier molecular flexibility index (Phi) is 6.36. The summed E-state index contributed by atoms with van der Waals surface area (Å²) in [6.45, 7) is 7.21. The largest absolute Gasteiger partial charge is 0.383 e. The molecule has 0 atom stereocenters. The quantitative estimate of drug-likeness (QED) is 0.638. The highest BCUT2D eigenvalue weighted by Gasteiger charge is 2.20. The number of amides is 1. The topological polar surface area (TPSA) is 67.3 Å². The fourth-order valence-corrected chi connectivity index (χ4v) is 1.76. The number of anilines is 1. The molecule has 1 heterocycles. The zero-order valence-corrected chi connectivity index (χ0v) is 14.0. The lowest BCUT2D eigenvalue weighted by atomic mass is 9.96. The highest BCUT2D eigenvalue weighted by atomic mass is 35.5. The van der Waals surface area contributed by atoms with Gasteiger partial charge in [-0.2, -0.15) is 0 Å². The maximum atomic E-state index is 11.8. The third-order valence-electron chi connectivity index (χ3n) is 2.75. The van der Waals surface area contributed by atoms with Crippen LogP contribution in [-0.4, -0.2) is 49.7 Å². The van der Waals surface area contributed by atoms with Gasteiger partial charge in [-0.25, -0.2) is 9.97 Å². The van der Waals surface area contributed by atoms with Gasteiger partial charge in [0, 0.05) is 32.2 Å². The van der Waals surface area contributed by atoms with E-state index in [4.69, 9.17) is 16.3 Å². The van der Waals surface area contributed by atoms with Crippen molar-refractivity contribution in [1.29, 1.82) is 0 Å². The number of nitrogens with one attached hydrogen (secondary N) is 1. The Morgan fingerprint density at radius 2 is 2.10 bits per heavy atom. The lowest BCUT2D eigenvalue weighted by Gasteiger charge is -2.22. The molecule has 6 nitrogen and oxygen atoms in total. The van der Waals surface area contributed by atoms with E-state index < -0.39 is 0 Å². The van der Waals surface area contributed by atoms with Crippen LogP contribution in [0.3, 0.4) is 0 Å². The second kappa shape index (κ2) is 7.56. The Morgan fingerprint density at radius 1 is 1.43 bits per heavy atom. The monoisotopic (exact) mass is 314 g/mol. The average molecular weight is 315 g/mol. The molecule has 7 heteroatoms. The first-order valence-corrected chi connectivity index (χ1v) is 7.13. The smallest absolute Gasteiger partial charge is 0.239 e. The summed E-state index contributed by atoms with van der Waals surface area (Å²) in [4.78, 5) is 22.2. The molecule has 0 saturated carbocycles. The number of halogens is 1. The second-order valence-corrected chi connectivity index (χ2v) is 6.21. The van der Waals surface area contributed by atoms with Crippen LogP contribution in [0.15, 0.2) is 6.07 Å². The van der Waals surface area contributed by atoms with Crippen molar-refractivity contribution in [3.05, 3.63) is 17.0 Å². The summed E-state index contributed by atoms with van der Waals surface area (Å²) in [5, 5.41) is 3.13. The number of methoxy groups -OCH3 is 1. The minimum absolute atomic E-state index is 0.0957. The van der Waals surface area contributed by atoms with Gasteiger partial charge in [0.2, 0.25) is 5.91 Å². The number of carbonyl (C=O) groups is 1. The zero-order chi connectivity index (χ0) is 16.0. The summed E-state index contributed by atoms with van der Waals surface area (Å²) in [5.74, 6) is 1.18. The van der Waals surface area contributed by atoms with E-state index in [1.807, 2.05) is 20.8 Å². The normalized spacial score (nSPS) is 11.3. The third kappa shape index (κ3) is 5.85. The van der Waals surface area contributed by atoms with E-state index in [1.54, 1.807) is 25.1 Å². The van der Waals surface area contributed by atoms with Gasteiger partial charge in [-0.15, -0.1) is 0 Å². The van der Waals surface area contributed by atoms with Crippen molar-refractivity contribution in [1.82, 2.24) is 15.3 Å². The molecule has 0 aliphatic rings. The fourth-order valence-electron chi connectivity index (χ4n) is 1.58. The van der Waals surface area contributed by atoms with Gasteiger partial charge in [0.15, 0.2) is 0 Å². The average Bonchev–Trinajstić information content (AvgIpc) is 2.37. The van der Waals surface area contributed by atoms with E-state index in [1.165, 1.54) is 0 Å². The van der Waals surface area contributed by atoms with Crippen LogP contribution in [0.25, 0.3) is 0 Å². The van der Waals surface area contributed by atoms with Gasteiger partial charge < -0.3 is 15.0 Å². The fraction of sp³-hybridized carbons (Fsp3) is 0.643. The van der Waals surface area contributed by atoms with Crippen LogP contribution in [0.2, 0.25) is 5.15 Å². The predicted octanol–water partition coefficient (Wildman–Crippen LogP) is 1.63. The number of rotatable bonds is 6. The van der Waals surface area contributed by atoms with Crippen molar-refractivity contribution in [2.75, 3.05) is 38.8 Å². The predicted molar refractivity (Wildman–Crippen MR) is 83.9 cm³/mol. The third-order valence-corrected chi connectivity index (χ3v) is 2.95. The molecule has 0 aliphatic carbocycles. The van der Waals surface area contributed by atoms with Crippen LogP contribution in [-0.2, 0) is 14.9 Å². The van der Waals surface area contributed by atoms with Crippen molar-refractivity contribution in [2.45, 2.75) is 26.2 Å². The van der Waals surface area contributed by atoms with E-state index in [-0.39, 0.29) is 17.9 Å². The minimum Gasteiger partial charge on any atom is -0.383 e. The molecule has 0 aromatic carbocycles. The summed E-state index contributed by atoms with van der Waals surface area (Å²) in [6, 6.07) is 1.65. The first kappa shape index (κ1) is 17.7. The van der Waals surface area contributed by atoms with E-state index in [9.17, 15) is 4.79 Å². The molecule has 0 unspecified atom stereocenters. The molecule has 0 saturated heterocycles. The Hall–Kier alpha value is -1.40. The molecule has 0 aliphatic heterocycles. The molecule has 1 rings (SSSR count). The van der Waals surface area contributed by atoms with Crippen molar-refractivity contribution in [3.63, 3.8) is 0 Å². The van der Waals surface area contributed by atoms with Gasteiger partial charge >= 0.3 is 0 Å². The molecule has 1 aromatic rings. The molecular formula is C14H23ClN4O2. The Bertz CT molecular complexity index is 488. The SMILES string of the molecule is COCCNC(=O)CN(C)c1cc(Cl)nc(C(C)(C)C)n1. The molecule has 0 fully saturated rings. The standard InChI is InChI=1S/C14H23ClN4O2/c1-14(2,3)13-17-10(15)8-11(18-13)19(4)9-12(20)16-6-7-21-5/h8H,6-7,9H2,1-5H3,(H,16,20). The second-order valence-electron chi connectivity index (χ2n) is 5.82. The molecule has 0 spiro atoms. The van der Waals surface area contributed by atoms with Crippen molar-refractivity contribution in [3.8, 4) is 0 Å². The van der Waals surface area contributed by atoms with Crippen LogP contribution in [0, 0.1) is 0 Å². The molecule has 1 aromatic heterocycles. The van der Waals surface area contributed by atoms with Gasteiger partial charge in [-0.3, -0.25) is 4.79 Å². The van der Waals surface area contributed by atoms with E-state index in [0.717, 1.165) is 0 Å². The number of ether oxygens (including phenoxy) is 1. The van der Waals surface area contributed by atoms with Crippen molar-refractivity contribution in [2.24, 2.45) is 0 Å². The Morgan fingerprint density at radius 3 is 2.67 bits per heavy atom. The van der Waals surface area contributed by atoms with Gasteiger partial charge in [0.1, 0.15) is 16.8 Å². The Labute approximate surface area is 130 Å². The van der Waals surface area contributed by atoms with Crippen LogP contribution in [0.1, 0.15) is 26.6 Å². The number of likely N-dealkylation sites (N-methyl/N-ethyl adjacent to an activating group) is 1. The highest BCUT2D eigenvalue weighted by molar-refractivity contribution is 6.29. The molecule has 0 bridgehead atoms. The van der Waals surface area contributed by atoms with Crippen LogP contribution < -0.4 is 10.2 Å². The van der Waals surface area contributed by atoms with E-state index >= 15 is 0 Å². The van der Waals surface area contributed by atoms with Crippen molar-refractivity contribution < 1.29 is 9.53 Å². The number of carbonyl (C=O) groups excluding carboxylic acids is 1. The summed E-state index contributed by atoms with van der Waals surface area (Å²) in [5.41, 5.74) is -0.207. The highest BCUT2D eigenvalue weighted by Crippen LogP contribution is 2.23. The number of hydrogen-bond donors (Lipinski definition) is 1. The minimum atomic E-state index is -0.207. The molecular weight excluding hydrogens is 292 g/mol. The van der Waals surface area contributed by atoms with Gasteiger partial charge in [-0.05, 0) is 0 Å². The lowest BCUT2D eigenvalue weighted by Crippen LogP contribution is -2.37. The number of nitrogens with zero attached hydrogens (tertiary/aromatic N) is 3. The maximum absolute atomic E-state index is 11.8. The molecule has 1 amide bonds. The number of hydrogen-bond acceptors (Lipinski definition) is 5. The maximum Gasteiger partial charge on any atom is 0.239 e. The van der Waals surface area contributed by atoms with Crippen LogP contribution >= 0.6 is 11.6 Å². The molecule has 118 valence electrons. The van der Waals surface area contributed by atoms with Gasteiger partial charge in [-0.1, -0.05) is 32.4 Å². The van der Waals surface area contributed by atoms with E-state index in [2.05, 4.69) is 15.3 Å². The lowest BCUT2D eigenvalue weighted by molar-refractivity contribution is -0.119. The summed E-state index contributed by atoms with van der Waals surface area (Å²) >= 11 is 6.04. The molecule has 0 radical (unpaired) electrons. The van der Waals surface area contributed by atoms with Crippen LogP contribution in [0.4, 0.5) is 5.82 Å². The van der Waals surface area contributed by atoms with Crippen LogP contribution in [0.5, 0.6) is 0 Å². The summed E-state index contributed by atoms with van der Waals surface area (Å²) in [7, 11) is 3.39. The first-order valence-electron chi connectivity index (χ1n) is 6.76. The summed E-state index contributed by atoms with van der Waals surface area (Å²) in [6.07, 6.45) is 0. The first-order chi connectivity index (χ1) is 9.74. The van der Waals surface area contributed by atoms with E-state index in [0.29, 0.717) is 29.9 Å².